The molecule has 1 aliphatic heterocycles. The Labute approximate surface area is 127 Å². The van der Waals surface area contributed by atoms with Gasteiger partial charge in [0.1, 0.15) is 5.56 Å². The fraction of sp³-hybridized carbons (Fsp3) is 0.429. The van der Waals surface area contributed by atoms with E-state index in [1.165, 1.54) is 12.1 Å². The molecular formula is C14H17ClN2O4. The first-order chi connectivity index (χ1) is 10.0. The number of aliphatic hydroxyl groups excluding tert-OH is 1. The summed E-state index contributed by atoms with van der Waals surface area (Å²) >= 11 is 5.86. The third-order valence-electron chi connectivity index (χ3n) is 3.53. The van der Waals surface area contributed by atoms with Crippen molar-refractivity contribution in [3.8, 4) is 0 Å². The molecule has 7 heteroatoms. The van der Waals surface area contributed by atoms with Crippen LogP contribution in [0.5, 0.6) is 0 Å². The van der Waals surface area contributed by atoms with Crippen LogP contribution in [-0.2, 0) is 0 Å². The quantitative estimate of drug-likeness (QED) is 0.798. The minimum Gasteiger partial charge on any atom is -0.478 e. The highest BCUT2D eigenvalue weighted by atomic mass is 35.5. The van der Waals surface area contributed by atoms with Crippen LogP contribution in [0.2, 0.25) is 5.02 Å². The molecule has 1 fully saturated rings. The molecule has 2 rings (SSSR count). The highest BCUT2D eigenvalue weighted by Gasteiger charge is 2.24. The van der Waals surface area contributed by atoms with Crippen LogP contribution in [0.1, 0.15) is 23.2 Å². The number of carbonyl (C=O) groups is 2. The minimum atomic E-state index is -1.19. The summed E-state index contributed by atoms with van der Waals surface area (Å²) in [6.45, 7) is 1.10. The Kier molecular flexibility index (Phi) is 5.03. The number of nitrogens with zero attached hydrogens (tertiary/aromatic N) is 1. The zero-order valence-corrected chi connectivity index (χ0v) is 12.1. The fourth-order valence-electron chi connectivity index (χ4n) is 2.44. The highest BCUT2D eigenvalue weighted by molar-refractivity contribution is 6.34. The zero-order valence-electron chi connectivity index (χ0n) is 11.4. The number of likely N-dealkylation sites (tertiary alicyclic amines) is 1. The zero-order chi connectivity index (χ0) is 15.4. The van der Waals surface area contributed by atoms with E-state index in [2.05, 4.69) is 5.32 Å². The van der Waals surface area contributed by atoms with E-state index >= 15 is 0 Å². The monoisotopic (exact) mass is 312 g/mol. The first kappa shape index (κ1) is 15.6. The van der Waals surface area contributed by atoms with E-state index in [1.54, 1.807) is 11.0 Å². The van der Waals surface area contributed by atoms with Gasteiger partial charge in [-0.1, -0.05) is 17.7 Å². The van der Waals surface area contributed by atoms with Gasteiger partial charge in [0.05, 0.1) is 10.7 Å². The van der Waals surface area contributed by atoms with Gasteiger partial charge in [0.2, 0.25) is 0 Å². The number of hydrogen-bond acceptors (Lipinski definition) is 3. The van der Waals surface area contributed by atoms with Crippen LogP contribution in [0.4, 0.5) is 10.5 Å². The Hall–Kier alpha value is -1.79. The standard InChI is InChI=1S/C14H17ClN2O4/c15-10-4-1-5-11(12(10)13(19)20)16-14(21)17-6-2-3-9(7-17)8-18/h1,4-5,9,18H,2-3,6-8H2,(H,16,21)(H,19,20). The summed E-state index contributed by atoms with van der Waals surface area (Å²) < 4.78 is 0. The summed E-state index contributed by atoms with van der Waals surface area (Å²) in [7, 11) is 0. The number of aliphatic hydroxyl groups is 1. The van der Waals surface area contributed by atoms with Crippen molar-refractivity contribution in [3.05, 3.63) is 28.8 Å². The molecule has 0 bridgehead atoms. The summed E-state index contributed by atoms with van der Waals surface area (Å²) in [5, 5.41) is 21.0. The highest BCUT2D eigenvalue weighted by Crippen LogP contribution is 2.25. The van der Waals surface area contributed by atoms with Gasteiger partial charge in [0, 0.05) is 19.7 Å². The lowest BCUT2D eigenvalue weighted by Crippen LogP contribution is -2.43. The minimum absolute atomic E-state index is 0.0430. The summed E-state index contributed by atoms with van der Waals surface area (Å²) in [5.41, 5.74) is 0.0503. The van der Waals surface area contributed by atoms with Crippen LogP contribution < -0.4 is 5.32 Å². The fourth-order valence-corrected chi connectivity index (χ4v) is 2.69. The Morgan fingerprint density at radius 3 is 2.86 bits per heavy atom. The van der Waals surface area contributed by atoms with Crippen molar-refractivity contribution in [2.75, 3.05) is 25.0 Å². The number of carbonyl (C=O) groups excluding carboxylic acids is 1. The molecule has 3 N–H and O–H groups in total. The van der Waals surface area contributed by atoms with Crippen LogP contribution in [0.15, 0.2) is 18.2 Å². The topological polar surface area (TPSA) is 89.9 Å². The molecule has 6 nitrogen and oxygen atoms in total. The predicted octanol–water partition coefficient (Wildman–Crippen LogP) is 2.27. The molecule has 0 aromatic heterocycles. The van der Waals surface area contributed by atoms with Crippen LogP contribution >= 0.6 is 11.6 Å². The van der Waals surface area contributed by atoms with E-state index in [-0.39, 0.29) is 34.8 Å². The number of urea groups is 1. The van der Waals surface area contributed by atoms with E-state index in [4.69, 9.17) is 16.7 Å². The van der Waals surface area contributed by atoms with E-state index < -0.39 is 5.97 Å². The van der Waals surface area contributed by atoms with Gasteiger partial charge in [-0.15, -0.1) is 0 Å². The molecule has 2 amide bonds. The van der Waals surface area contributed by atoms with Gasteiger partial charge in [-0.25, -0.2) is 9.59 Å². The number of carboxylic acid groups (broad SMARTS) is 1. The van der Waals surface area contributed by atoms with Gasteiger partial charge < -0.3 is 20.4 Å². The van der Waals surface area contributed by atoms with Crippen molar-refractivity contribution in [3.63, 3.8) is 0 Å². The molecule has 1 unspecified atom stereocenters. The van der Waals surface area contributed by atoms with Gasteiger partial charge in [0.15, 0.2) is 0 Å². The summed E-state index contributed by atoms with van der Waals surface area (Å²) in [5.74, 6) is -1.12. The first-order valence-corrected chi connectivity index (χ1v) is 7.09. The van der Waals surface area contributed by atoms with Crippen molar-refractivity contribution in [1.82, 2.24) is 4.90 Å². The second-order valence-electron chi connectivity index (χ2n) is 5.03. The number of nitrogens with one attached hydrogen (secondary N) is 1. The molecule has 21 heavy (non-hydrogen) atoms. The van der Waals surface area contributed by atoms with Gasteiger partial charge in [-0.05, 0) is 30.9 Å². The predicted molar refractivity (Wildman–Crippen MR) is 78.8 cm³/mol. The number of piperidine rings is 1. The van der Waals surface area contributed by atoms with E-state index in [0.717, 1.165) is 12.8 Å². The van der Waals surface area contributed by atoms with Crippen molar-refractivity contribution in [2.24, 2.45) is 5.92 Å². The van der Waals surface area contributed by atoms with E-state index in [9.17, 15) is 14.7 Å². The third kappa shape index (κ3) is 3.65. The maximum Gasteiger partial charge on any atom is 0.339 e. The number of hydrogen-bond donors (Lipinski definition) is 3. The lowest BCUT2D eigenvalue weighted by Gasteiger charge is -2.32. The molecule has 0 saturated carbocycles. The Balaban J connectivity index is 2.13. The number of amides is 2. The van der Waals surface area contributed by atoms with Crippen molar-refractivity contribution in [1.29, 1.82) is 0 Å². The number of benzene rings is 1. The average Bonchev–Trinajstić information content (AvgIpc) is 2.47. The number of anilines is 1. The van der Waals surface area contributed by atoms with Crippen LogP contribution in [0, 0.1) is 5.92 Å². The summed E-state index contributed by atoms with van der Waals surface area (Å²) in [6, 6.07) is 4.17. The maximum atomic E-state index is 12.2. The molecule has 0 aliphatic carbocycles. The van der Waals surface area contributed by atoms with Crippen LogP contribution in [-0.4, -0.2) is 46.8 Å². The average molecular weight is 313 g/mol. The lowest BCUT2D eigenvalue weighted by molar-refractivity contribution is 0.0698. The molecule has 1 heterocycles. The van der Waals surface area contributed by atoms with Gasteiger partial charge in [-0.2, -0.15) is 0 Å². The molecular weight excluding hydrogens is 296 g/mol. The van der Waals surface area contributed by atoms with Crippen LogP contribution in [0.25, 0.3) is 0 Å². The van der Waals surface area contributed by atoms with E-state index in [1.807, 2.05) is 0 Å². The summed E-state index contributed by atoms with van der Waals surface area (Å²) in [4.78, 5) is 25.0. The molecule has 1 atom stereocenters. The Bertz CT molecular complexity index is 550. The third-order valence-corrected chi connectivity index (χ3v) is 3.85. The molecule has 1 aliphatic rings. The molecule has 114 valence electrons. The number of aromatic carboxylic acids is 1. The van der Waals surface area contributed by atoms with Gasteiger partial charge in [0.25, 0.3) is 0 Å². The summed E-state index contributed by atoms with van der Waals surface area (Å²) in [6.07, 6.45) is 1.71. The van der Waals surface area contributed by atoms with Crippen molar-refractivity contribution >= 4 is 29.3 Å². The van der Waals surface area contributed by atoms with Gasteiger partial charge >= 0.3 is 12.0 Å². The number of carboxylic acids is 1. The van der Waals surface area contributed by atoms with Crippen LogP contribution in [0.3, 0.4) is 0 Å². The number of rotatable bonds is 3. The SMILES string of the molecule is O=C(O)c1c(Cl)cccc1NC(=O)N1CCCC(CO)C1. The normalized spacial score (nSPS) is 18.4. The second kappa shape index (κ2) is 6.78. The van der Waals surface area contributed by atoms with E-state index in [0.29, 0.717) is 13.1 Å². The molecule has 1 aromatic rings. The molecule has 0 radical (unpaired) electrons. The Morgan fingerprint density at radius 1 is 1.43 bits per heavy atom. The lowest BCUT2D eigenvalue weighted by atomic mass is 9.99. The smallest absolute Gasteiger partial charge is 0.339 e. The first-order valence-electron chi connectivity index (χ1n) is 6.71. The molecule has 1 saturated heterocycles. The maximum absolute atomic E-state index is 12.2. The number of halogens is 1. The van der Waals surface area contributed by atoms with Gasteiger partial charge in [-0.3, -0.25) is 0 Å². The Morgan fingerprint density at radius 2 is 2.19 bits per heavy atom. The van der Waals surface area contributed by atoms with Crippen molar-refractivity contribution in [2.45, 2.75) is 12.8 Å². The van der Waals surface area contributed by atoms with Crippen molar-refractivity contribution < 1.29 is 19.8 Å². The largest absolute Gasteiger partial charge is 0.478 e. The molecule has 1 aromatic carbocycles. The molecule has 0 spiro atoms. The second-order valence-corrected chi connectivity index (χ2v) is 5.44.